The fraction of sp³-hybridized carbons (Fsp3) is 0.333. The molecule has 2 aromatic rings. The Morgan fingerprint density at radius 1 is 0.905 bits per heavy atom. The molecular weight excluding hydrogens is 262 g/mol. The van der Waals surface area contributed by atoms with Crippen molar-refractivity contribution in [3.63, 3.8) is 0 Å². The highest BCUT2D eigenvalue weighted by atomic mass is 16.5. The highest BCUT2D eigenvalue weighted by molar-refractivity contribution is 5.44. The average Bonchev–Trinajstić information content (AvgIpc) is 2.49. The van der Waals surface area contributed by atoms with Crippen molar-refractivity contribution in [2.24, 2.45) is 5.92 Å². The third-order valence-electron chi connectivity index (χ3n) is 3.13. The number of hydrogen-bond donors (Lipinski definition) is 1. The number of methoxy groups -OCH3 is 1. The molecule has 0 amide bonds. The van der Waals surface area contributed by atoms with Crippen LogP contribution in [-0.2, 0) is 6.54 Å². The minimum absolute atomic E-state index is 0.632. The Labute approximate surface area is 126 Å². The van der Waals surface area contributed by atoms with E-state index in [0.29, 0.717) is 5.92 Å². The molecule has 2 aromatic carbocycles. The fourth-order valence-electron chi connectivity index (χ4n) is 2.07. The maximum Gasteiger partial charge on any atom is 0.169 e. The molecule has 3 nitrogen and oxygen atoms in total. The highest BCUT2D eigenvalue weighted by Gasteiger charge is 2.08. The highest BCUT2D eigenvalue weighted by Crippen LogP contribution is 2.32. The zero-order valence-corrected chi connectivity index (χ0v) is 12.9. The second-order valence-corrected chi connectivity index (χ2v) is 5.39. The van der Waals surface area contributed by atoms with Crippen molar-refractivity contribution in [2.45, 2.75) is 20.4 Å². The van der Waals surface area contributed by atoms with Crippen LogP contribution in [0.3, 0.4) is 0 Å². The van der Waals surface area contributed by atoms with Crippen molar-refractivity contribution < 1.29 is 9.47 Å². The topological polar surface area (TPSA) is 30.5 Å². The first-order valence-corrected chi connectivity index (χ1v) is 7.30. The SMILES string of the molecule is COc1ccccc1Oc1ccccc1CNCC(C)C. The van der Waals surface area contributed by atoms with E-state index in [4.69, 9.17) is 9.47 Å². The number of hydrogen-bond acceptors (Lipinski definition) is 3. The van der Waals surface area contributed by atoms with Crippen molar-refractivity contribution in [3.05, 3.63) is 54.1 Å². The predicted octanol–water partition coefficient (Wildman–Crippen LogP) is 4.23. The Kier molecular flexibility index (Phi) is 5.64. The van der Waals surface area contributed by atoms with E-state index in [1.807, 2.05) is 42.5 Å². The predicted molar refractivity (Wildman–Crippen MR) is 86.1 cm³/mol. The summed E-state index contributed by atoms with van der Waals surface area (Å²) in [5.41, 5.74) is 1.14. The molecule has 0 unspecified atom stereocenters. The molecule has 21 heavy (non-hydrogen) atoms. The lowest BCUT2D eigenvalue weighted by Gasteiger charge is -2.14. The molecule has 0 aliphatic carbocycles. The Morgan fingerprint density at radius 3 is 2.19 bits per heavy atom. The first kappa shape index (κ1) is 15.4. The van der Waals surface area contributed by atoms with Crippen LogP contribution in [0, 0.1) is 5.92 Å². The van der Waals surface area contributed by atoms with Gasteiger partial charge in [0, 0.05) is 12.1 Å². The largest absolute Gasteiger partial charge is 0.493 e. The normalized spacial score (nSPS) is 10.7. The van der Waals surface area contributed by atoms with E-state index in [2.05, 4.69) is 25.2 Å². The maximum absolute atomic E-state index is 6.02. The van der Waals surface area contributed by atoms with Gasteiger partial charge in [0.05, 0.1) is 7.11 Å². The molecule has 0 aromatic heterocycles. The van der Waals surface area contributed by atoms with Crippen molar-refractivity contribution in [3.8, 4) is 17.2 Å². The molecule has 0 aliphatic heterocycles. The van der Waals surface area contributed by atoms with Gasteiger partial charge in [-0.05, 0) is 30.7 Å². The Morgan fingerprint density at radius 2 is 1.52 bits per heavy atom. The van der Waals surface area contributed by atoms with Crippen molar-refractivity contribution in [1.82, 2.24) is 5.32 Å². The van der Waals surface area contributed by atoms with Crippen LogP contribution in [0.15, 0.2) is 48.5 Å². The lowest BCUT2D eigenvalue weighted by atomic mass is 10.1. The van der Waals surface area contributed by atoms with Crippen LogP contribution in [0.2, 0.25) is 0 Å². The summed E-state index contributed by atoms with van der Waals surface area (Å²) in [4.78, 5) is 0. The fourth-order valence-corrected chi connectivity index (χ4v) is 2.07. The number of rotatable bonds is 7. The number of para-hydroxylation sites is 3. The third kappa shape index (κ3) is 4.50. The van der Waals surface area contributed by atoms with Gasteiger partial charge in [-0.2, -0.15) is 0 Å². The van der Waals surface area contributed by atoms with Crippen molar-refractivity contribution in [2.75, 3.05) is 13.7 Å². The van der Waals surface area contributed by atoms with Gasteiger partial charge < -0.3 is 14.8 Å². The van der Waals surface area contributed by atoms with Gasteiger partial charge >= 0.3 is 0 Å². The Balaban J connectivity index is 2.12. The first-order valence-electron chi connectivity index (χ1n) is 7.30. The summed E-state index contributed by atoms with van der Waals surface area (Å²) in [5.74, 6) is 2.96. The lowest BCUT2D eigenvalue weighted by molar-refractivity contribution is 0.377. The van der Waals surface area contributed by atoms with Gasteiger partial charge in [0.15, 0.2) is 11.5 Å². The van der Waals surface area contributed by atoms with Gasteiger partial charge in [-0.1, -0.05) is 44.2 Å². The number of benzene rings is 2. The van der Waals surface area contributed by atoms with Crippen LogP contribution < -0.4 is 14.8 Å². The van der Waals surface area contributed by atoms with E-state index in [9.17, 15) is 0 Å². The maximum atomic E-state index is 6.02. The molecule has 112 valence electrons. The summed E-state index contributed by atoms with van der Waals surface area (Å²) in [6.07, 6.45) is 0. The van der Waals surface area contributed by atoms with Gasteiger partial charge in [0.2, 0.25) is 0 Å². The molecule has 0 saturated heterocycles. The van der Waals surface area contributed by atoms with E-state index in [1.54, 1.807) is 7.11 Å². The standard InChI is InChI=1S/C18H23NO2/c1-14(2)12-19-13-15-8-4-5-9-16(15)21-18-11-7-6-10-17(18)20-3/h4-11,14,19H,12-13H2,1-3H3. The van der Waals surface area contributed by atoms with Crippen LogP contribution in [0.4, 0.5) is 0 Å². The number of nitrogens with one attached hydrogen (secondary N) is 1. The van der Waals surface area contributed by atoms with E-state index in [1.165, 1.54) is 0 Å². The molecule has 0 saturated carbocycles. The summed E-state index contributed by atoms with van der Waals surface area (Å²) < 4.78 is 11.4. The van der Waals surface area contributed by atoms with Crippen molar-refractivity contribution >= 4 is 0 Å². The van der Waals surface area contributed by atoms with Crippen LogP contribution in [0.1, 0.15) is 19.4 Å². The molecular formula is C18H23NO2. The van der Waals surface area contributed by atoms with Gasteiger partial charge in [0.1, 0.15) is 5.75 Å². The van der Waals surface area contributed by atoms with Gasteiger partial charge in [-0.25, -0.2) is 0 Å². The summed E-state index contributed by atoms with van der Waals surface area (Å²) in [7, 11) is 1.65. The summed E-state index contributed by atoms with van der Waals surface area (Å²) in [6.45, 7) is 6.18. The van der Waals surface area contributed by atoms with Gasteiger partial charge in [-0.15, -0.1) is 0 Å². The lowest BCUT2D eigenvalue weighted by Crippen LogP contribution is -2.19. The second-order valence-electron chi connectivity index (χ2n) is 5.39. The molecule has 0 radical (unpaired) electrons. The summed E-state index contributed by atoms with van der Waals surface area (Å²) in [6, 6.07) is 15.8. The van der Waals surface area contributed by atoms with Crippen LogP contribution in [0.5, 0.6) is 17.2 Å². The molecule has 0 bridgehead atoms. The molecule has 1 N–H and O–H groups in total. The average molecular weight is 285 g/mol. The van der Waals surface area contributed by atoms with Crippen LogP contribution >= 0.6 is 0 Å². The third-order valence-corrected chi connectivity index (χ3v) is 3.13. The van der Waals surface area contributed by atoms with Crippen LogP contribution in [0.25, 0.3) is 0 Å². The van der Waals surface area contributed by atoms with Crippen molar-refractivity contribution in [1.29, 1.82) is 0 Å². The minimum atomic E-state index is 0.632. The molecule has 2 rings (SSSR count). The molecule has 0 heterocycles. The first-order chi connectivity index (χ1) is 10.2. The molecule has 0 spiro atoms. The zero-order valence-electron chi connectivity index (χ0n) is 12.9. The second kappa shape index (κ2) is 7.70. The van der Waals surface area contributed by atoms with Crippen LogP contribution in [-0.4, -0.2) is 13.7 Å². The monoisotopic (exact) mass is 285 g/mol. The van der Waals surface area contributed by atoms with E-state index >= 15 is 0 Å². The molecule has 0 fully saturated rings. The summed E-state index contributed by atoms with van der Waals surface area (Å²) >= 11 is 0. The Bertz CT molecular complexity index is 567. The van der Waals surface area contributed by atoms with Gasteiger partial charge in [-0.3, -0.25) is 0 Å². The van der Waals surface area contributed by atoms with E-state index in [-0.39, 0.29) is 0 Å². The van der Waals surface area contributed by atoms with Gasteiger partial charge in [0.25, 0.3) is 0 Å². The molecule has 0 atom stereocenters. The summed E-state index contributed by atoms with van der Waals surface area (Å²) in [5, 5.41) is 3.44. The van der Waals surface area contributed by atoms with E-state index < -0.39 is 0 Å². The van der Waals surface area contributed by atoms with E-state index in [0.717, 1.165) is 35.9 Å². The number of ether oxygens (including phenoxy) is 2. The molecule has 3 heteroatoms. The Hall–Kier alpha value is -2.00. The quantitative estimate of drug-likeness (QED) is 0.825. The minimum Gasteiger partial charge on any atom is -0.493 e. The molecule has 0 aliphatic rings. The zero-order chi connectivity index (χ0) is 15.1. The smallest absolute Gasteiger partial charge is 0.169 e.